The molecule has 5 heteroatoms. The first kappa shape index (κ1) is 17.5. The van der Waals surface area contributed by atoms with Crippen LogP contribution in [0.5, 0.6) is 0 Å². The highest BCUT2D eigenvalue weighted by atomic mass is 16.5. The Morgan fingerprint density at radius 1 is 1.15 bits per heavy atom. The molecule has 2 aromatic carbocycles. The number of fused-ring (bicyclic) bond motifs is 1. The van der Waals surface area contributed by atoms with Crippen molar-refractivity contribution in [3.05, 3.63) is 82.7 Å². The molecule has 27 heavy (non-hydrogen) atoms. The summed E-state index contributed by atoms with van der Waals surface area (Å²) in [6.45, 7) is 1.43. The SMILES string of the molecule is CN(Cc1cccc(C(=O)Nc2cccc3c2CCC3)c1)Cc1ccon1. The Balaban J connectivity index is 1.44. The van der Waals surface area contributed by atoms with Gasteiger partial charge in [-0.2, -0.15) is 0 Å². The van der Waals surface area contributed by atoms with Crippen LogP contribution in [0.3, 0.4) is 0 Å². The van der Waals surface area contributed by atoms with E-state index in [4.69, 9.17) is 4.52 Å². The van der Waals surface area contributed by atoms with Crippen molar-refractivity contribution in [1.82, 2.24) is 10.1 Å². The van der Waals surface area contributed by atoms with Crippen LogP contribution < -0.4 is 5.32 Å². The molecule has 1 aliphatic rings. The van der Waals surface area contributed by atoms with Crippen LogP contribution in [0.1, 0.15) is 39.2 Å². The lowest BCUT2D eigenvalue weighted by Gasteiger charge is -2.16. The summed E-state index contributed by atoms with van der Waals surface area (Å²) in [6, 6.07) is 15.8. The number of anilines is 1. The summed E-state index contributed by atoms with van der Waals surface area (Å²) in [6.07, 6.45) is 4.88. The molecule has 1 heterocycles. The first-order chi connectivity index (χ1) is 13.2. The van der Waals surface area contributed by atoms with Gasteiger partial charge in [-0.1, -0.05) is 29.4 Å². The summed E-state index contributed by atoms with van der Waals surface area (Å²) in [4.78, 5) is 14.9. The van der Waals surface area contributed by atoms with Crippen molar-refractivity contribution in [3.8, 4) is 0 Å². The third-order valence-electron chi connectivity index (χ3n) is 4.96. The number of nitrogens with one attached hydrogen (secondary N) is 1. The third kappa shape index (κ3) is 4.09. The van der Waals surface area contributed by atoms with E-state index in [0.29, 0.717) is 12.1 Å². The van der Waals surface area contributed by atoms with Crippen LogP contribution in [0.4, 0.5) is 5.69 Å². The van der Waals surface area contributed by atoms with Crippen molar-refractivity contribution >= 4 is 11.6 Å². The first-order valence-electron chi connectivity index (χ1n) is 9.28. The van der Waals surface area contributed by atoms with Gasteiger partial charge in [-0.3, -0.25) is 9.69 Å². The maximum absolute atomic E-state index is 12.8. The summed E-state index contributed by atoms with van der Waals surface area (Å²) in [5.74, 6) is -0.0590. The highest BCUT2D eigenvalue weighted by Gasteiger charge is 2.16. The molecule has 5 nitrogen and oxygen atoms in total. The lowest BCUT2D eigenvalue weighted by atomic mass is 10.1. The standard InChI is InChI=1S/C22H23N3O2/c1-25(15-19-11-12-27-24-19)14-16-5-2-8-18(13-16)22(26)23-21-10-4-7-17-6-3-9-20(17)21/h2,4-5,7-8,10-13H,3,6,9,14-15H2,1H3,(H,23,26). The van der Waals surface area contributed by atoms with Crippen LogP contribution in [-0.2, 0) is 25.9 Å². The summed E-state index contributed by atoms with van der Waals surface area (Å²) in [5.41, 5.74) is 6.25. The number of amides is 1. The minimum absolute atomic E-state index is 0.0590. The van der Waals surface area contributed by atoms with Crippen LogP contribution in [0.25, 0.3) is 0 Å². The summed E-state index contributed by atoms with van der Waals surface area (Å²) >= 11 is 0. The summed E-state index contributed by atoms with van der Waals surface area (Å²) in [5, 5.41) is 7.04. The fraction of sp³-hybridized carbons (Fsp3) is 0.273. The number of aromatic nitrogens is 1. The van der Waals surface area contributed by atoms with Crippen molar-refractivity contribution < 1.29 is 9.32 Å². The van der Waals surface area contributed by atoms with E-state index in [1.54, 1.807) is 6.26 Å². The molecule has 0 atom stereocenters. The molecule has 4 rings (SSSR count). The minimum Gasteiger partial charge on any atom is -0.364 e. The Kier molecular flexibility index (Phi) is 5.03. The number of hydrogen-bond acceptors (Lipinski definition) is 4. The van der Waals surface area contributed by atoms with Crippen molar-refractivity contribution in [1.29, 1.82) is 0 Å². The first-order valence-corrected chi connectivity index (χ1v) is 9.28. The van der Waals surface area contributed by atoms with E-state index >= 15 is 0 Å². The van der Waals surface area contributed by atoms with Crippen molar-refractivity contribution in [3.63, 3.8) is 0 Å². The van der Waals surface area contributed by atoms with Crippen molar-refractivity contribution in [2.75, 3.05) is 12.4 Å². The Morgan fingerprint density at radius 2 is 2.04 bits per heavy atom. The lowest BCUT2D eigenvalue weighted by molar-refractivity contribution is 0.102. The Labute approximate surface area is 159 Å². The molecule has 0 fully saturated rings. The lowest BCUT2D eigenvalue weighted by Crippen LogP contribution is -2.18. The van der Waals surface area contributed by atoms with Gasteiger partial charge in [0.15, 0.2) is 0 Å². The quantitative estimate of drug-likeness (QED) is 0.720. The fourth-order valence-electron chi connectivity index (χ4n) is 3.71. The number of hydrogen-bond donors (Lipinski definition) is 1. The predicted molar refractivity (Wildman–Crippen MR) is 105 cm³/mol. The molecule has 1 N–H and O–H groups in total. The Hall–Kier alpha value is -2.92. The minimum atomic E-state index is -0.0590. The highest BCUT2D eigenvalue weighted by molar-refractivity contribution is 6.04. The second-order valence-electron chi connectivity index (χ2n) is 7.11. The summed E-state index contributed by atoms with van der Waals surface area (Å²) < 4.78 is 4.87. The Morgan fingerprint density at radius 3 is 2.89 bits per heavy atom. The molecule has 0 unspecified atom stereocenters. The second kappa shape index (κ2) is 7.76. The van der Waals surface area contributed by atoms with Gasteiger partial charge in [-0.05, 0) is 61.2 Å². The van der Waals surface area contributed by atoms with E-state index in [9.17, 15) is 4.79 Å². The predicted octanol–water partition coefficient (Wildman–Crippen LogP) is 4.05. The zero-order valence-corrected chi connectivity index (χ0v) is 15.4. The van der Waals surface area contributed by atoms with E-state index in [1.165, 1.54) is 11.1 Å². The third-order valence-corrected chi connectivity index (χ3v) is 4.96. The van der Waals surface area contributed by atoms with E-state index in [1.807, 2.05) is 49.5 Å². The van der Waals surface area contributed by atoms with Crippen LogP contribution >= 0.6 is 0 Å². The maximum atomic E-state index is 12.8. The number of rotatable bonds is 6. The van der Waals surface area contributed by atoms with E-state index in [2.05, 4.69) is 21.4 Å². The Bertz CT molecular complexity index is 934. The molecule has 0 saturated heterocycles. The molecule has 1 aromatic heterocycles. The van der Waals surface area contributed by atoms with Gasteiger partial charge in [0.2, 0.25) is 0 Å². The number of benzene rings is 2. The van der Waals surface area contributed by atoms with Gasteiger partial charge in [0.25, 0.3) is 5.91 Å². The van der Waals surface area contributed by atoms with Gasteiger partial charge in [-0.15, -0.1) is 0 Å². The van der Waals surface area contributed by atoms with Crippen LogP contribution in [-0.4, -0.2) is 23.0 Å². The molecule has 0 saturated carbocycles. The molecular weight excluding hydrogens is 338 g/mol. The largest absolute Gasteiger partial charge is 0.364 e. The molecule has 3 aromatic rings. The molecule has 1 aliphatic carbocycles. The van der Waals surface area contributed by atoms with Gasteiger partial charge in [0, 0.05) is 30.4 Å². The van der Waals surface area contributed by atoms with E-state index in [0.717, 1.165) is 42.8 Å². The van der Waals surface area contributed by atoms with Crippen LogP contribution in [0, 0.1) is 0 Å². The zero-order valence-electron chi connectivity index (χ0n) is 15.4. The molecular formula is C22H23N3O2. The van der Waals surface area contributed by atoms with Crippen molar-refractivity contribution in [2.45, 2.75) is 32.4 Å². The maximum Gasteiger partial charge on any atom is 0.255 e. The molecule has 0 spiro atoms. The van der Waals surface area contributed by atoms with Gasteiger partial charge >= 0.3 is 0 Å². The van der Waals surface area contributed by atoms with Crippen LogP contribution in [0.2, 0.25) is 0 Å². The van der Waals surface area contributed by atoms with E-state index in [-0.39, 0.29) is 5.91 Å². The topological polar surface area (TPSA) is 58.4 Å². The van der Waals surface area contributed by atoms with E-state index < -0.39 is 0 Å². The molecule has 1 amide bonds. The average Bonchev–Trinajstić information content (AvgIpc) is 3.34. The highest BCUT2D eigenvalue weighted by Crippen LogP contribution is 2.29. The molecule has 0 aliphatic heterocycles. The number of nitrogens with zero attached hydrogens (tertiary/aromatic N) is 2. The smallest absolute Gasteiger partial charge is 0.255 e. The molecule has 0 radical (unpaired) electrons. The van der Waals surface area contributed by atoms with Gasteiger partial charge < -0.3 is 9.84 Å². The fourth-order valence-corrected chi connectivity index (χ4v) is 3.71. The normalized spacial score (nSPS) is 13.0. The van der Waals surface area contributed by atoms with Gasteiger partial charge in [-0.25, -0.2) is 0 Å². The van der Waals surface area contributed by atoms with Gasteiger partial charge in [0.05, 0.1) is 5.69 Å². The number of carbonyl (C=O) groups excluding carboxylic acids is 1. The van der Waals surface area contributed by atoms with Crippen LogP contribution in [0.15, 0.2) is 59.3 Å². The number of aryl methyl sites for hydroxylation is 1. The monoisotopic (exact) mass is 361 g/mol. The molecule has 138 valence electrons. The van der Waals surface area contributed by atoms with Crippen molar-refractivity contribution in [2.24, 2.45) is 0 Å². The average molecular weight is 361 g/mol. The second-order valence-corrected chi connectivity index (χ2v) is 7.11. The number of carbonyl (C=O) groups is 1. The molecule has 0 bridgehead atoms. The van der Waals surface area contributed by atoms with Gasteiger partial charge in [0.1, 0.15) is 6.26 Å². The summed E-state index contributed by atoms with van der Waals surface area (Å²) in [7, 11) is 2.02. The zero-order chi connectivity index (χ0) is 18.6.